The molecule has 0 amide bonds. The van der Waals surface area contributed by atoms with E-state index in [0.29, 0.717) is 17.1 Å². The van der Waals surface area contributed by atoms with Crippen LogP contribution >= 0.6 is 11.6 Å². The summed E-state index contributed by atoms with van der Waals surface area (Å²) in [5.41, 5.74) is 0.223. The summed E-state index contributed by atoms with van der Waals surface area (Å²) in [7, 11) is 1.52. The van der Waals surface area contributed by atoms with Gasteiger partial charge < -0.3 is 4.74 Å². The predicted octanol–water partition coefficient (Wildman–Crippen LogP) is 3.74. The minimum atomic E-state index is -0.501. The van der Waals surface area contributed by atoms with Crippen molar-refractivity contribution < 1.29 is 9.66 Å². The number of benzene rings is 1. The predicted molar refractivity (Wildman–Crippen MR) is 80.5 cm³/mol. The smallest absolute Gasteiger partial charge is 0.330 e. The first-order valence-corrected chi connectivity index (χ1v) is 6.72. The minimum absolute atomic E-state index is 0.0329. The molecule has 7 heteroatoms. The fraction of sp³-hybridized carbons (Fsp3) is 0.357. The van der Waals surface area contributed by atoms with Crippen molar-refractivity contribution in [2.45, 2.75) is 26.2 Å². The van der Waals surface area contributed by atoms with Crippen LogP contribution in [-0.2, 0) is 5.41 Å². The molecule has 0 spiro atoms. The maximum absolute atomic E-state index is 11.3. The fourth-order valence-corrected chi connectivity index (χ4v) is 2.31. The van der Waals surface area contributed by atoms with Gasteiger partial charge in [0, 0.05) is 5.41 Å². The van der Waals surface area contributed by atoms with Crippen LogP contribution in [0.3, 0.4) is 0 Å². The number of nitrogens with zero attached hydrogens (tertiary/aromatic N) is 3. The maximum atomic E-state index is 11.3. The lowest BCUT2D eigenvalue weighted by Gasteiger charge is -2.14. The van der Waals surface area contributed by atoms with E-state index in [1.54, 1.807) is 24.3 Å². The van der Waals surface area contributed by atoms with Crippen molar-refractivity contribution in [2.75, 3.05) is 7.11 Å². The zero-order valence-electron chi connectivity index (χ0n) is 12.3. The molecule has 0 aliphatic carbocycles. The summed E-state index contributed by atoms with van der Waals surface area (Å²) in [4.78, 5) is 10.8. The van der Waals surface area contributed by atoms with Crippen LogP contribution in [0, 0.1) is 10.1 Å². The number of para-hydroxylation sites is 2. The number of halogens is 1. The van der Waals surface area contributed by atoms with Gasteiger partial charge in [0.15, 0.2) is 0 Å². The van der Waals surface area contributed by atoms with E-state index in [1.165, 1.54) is 11.8 Å². The van der Waals surface area contributed by atoms with Gasteiger partial charge in [-0.3, -0.25) is 10.1 Å². The van der Waals surface area contributed by atoms with E-state index in [-0.39, 0.29) is 10.8 Å². The highest BCUT2D eigenvalue weighted by Gasteiger charge is 2.34. The number of aromatic nitrogens is 2. The first-order valence-electron chi connectivity index (χ1n) is 6.34. The number of hydrogen-bond donors (Lipinski definition) is 0. The summed E-state index contributed by atoms with van der Waals surface area (Å²) in [5.74, 6) is 0.539. The van der Waals surface area contributed by atoms with Crippen LogP contribution in [0.1, 0.15) is 26.5 Å². The lowest BCUT2D eigenvalue weighted by atomic mass is 9.91. The molecule has 1 heterocycles. The van der Waals surface area contributed by atoms with Gasteiger partial charge in [0.1, 0.15) is 17.1 Å². The topological polar surface area (TPSA) is 70.2 Å². The third-order valence-electron chi connectivity index (χ3n) is 3.01. The molecule has 0 aliphatic heterocycles. The van der Waals surface area contributed by atoms with Crippen LogP contribution in [-0.4, -0.2) is 21.8 Å². The Morgan fingerprint density at radius 2 is 1.95 bits per heavy atom. The van der Waals surface area contributed by atoms with Crippen molar-refractivity contribution in [2.24, 2.45) is 0 Å². The molecule has 2 aromatic rings. The molecule has 0 fully saturated rings. The Balaban J connectivity index is 2.75. The molecule has 0 unspecified atom stereocenters. The van der Waals surface area contributed by atoms with E-state index in [0.717, 1.165) is 0 Å². The van der Waals surface area contributed by atoms with Gasteiger partial charge in [-0.05, 0) is 12.1 Å². The molecular formula is C14H16ClN3O3. The monoisotopic (exact) mass is 309 g/mol. The van der Waals surface area contributed by atoms with Gasteiger partial charge in [-0.25, -0.2) is 4.68 Å². The van der Waals surface area contributed by atoms with Crippen LogP contribution in [0.15, 0.2) is 24.3 Å². The molecule has 112 valence electrons. The van der Waals surface area contributed by atoms with Crippen molar-refractivity contribution in [1.82, 2.24) is 9.78 Å². The number of rotatable bonds is 3. The lowest BCUT2D eigenvalue weighted by molar-refractivity contribution is -0.385. The number of hydrogen-bond acceptors (Lipinski definition) is 4. The van der Waals surface area contributed by atoms with Gasteiger partial charge in [-0.15, -0.1) is 0 Å². The van der Waals surface area contributed by atoms with E-state index in [9.17, 15) is 10.1 Å². The Kier molecular flexibility index (Phi) is 3.91. The standard InChI is InChI=1S/C14H16ClN3O3/c1-14(2,3)12-11(18(19)20)13(15)17(16-12)9-7-5-6-8-10(9)21-4/h5-8H,1-4H3. The fourth-order valence-electron chi connectivity index (χ4n) is 2.02. The normalized spacial score (nSPS) is 11.5. The summed E-state index contributed by atoms with van der Waals surface area (Å²) in [5, 5.41) is 15.6. The highest BCUT2D eigenvalue weighted by atomic mass is 35.5. The summed E-state index contributed by atoms with van der Waals surface area (Å²) in [6.45, 7) is 5.56. The minimum Gasteiger partial charge on any atom is -0.494 e. The van der Waals surface area contributed by atoms with Gasteiger partial charge >= 0.3 is 5.69 Å². The Bertz CT molecular complexity index is 689. The molecular weight excluding hydrogens is 294 g/mol. The second-order valence-corrected chi connectivity index (χ2v) is 5.94. The van der Waals surface area contributed by atoms with Gasteiger partial charge in [0.25, 0.3) is 0 Å². The molecule has 0 saturated heterocycles. The third kappa shape index (κ3) is 2.71. The van der Waals surface area contributed by atoms with Crippen molar-refractivity contribution in [3.63, 3.8) is 0 Å². The molecule has 0 saturated carbocycles. The Morgan fingerprint density at radius 3 is 2.43 bits per heavy atom. The molecule has 1 aromatic carbocycles. The number of ether oxygens (including phenoxy) is 1. The molecule has 0 atom stereocenters. The molecule has 0 N–H and O–H groups in total. The average molecular weight is 310 g/mol. The number of nitro groups is 1. The Labute approximate surface area is 127 Å². The van der Waals surface area contributed by atoms with Crippen LogP contribution in [0.5, 0.6) is 5.75 Å². The molecule has 21 heavy (non-hydrogen) atoms. The van der Waals surface area contributed by atoms with E-state index in [2.05, 4.69) is 5.10 Å². The first-order chi connectivity index (χ1) is 9.77. The van der Waals surface area contributed by atoms with E-state index in [4.69, 9.17) is 16.3 Å². The van der Waals surface area contributed by atoms with Gasteiger partial charge in [-0.2, -0.15) is 5.10 Å². The average Bonchev–Trinajstić information content (AvgIpc) is 2.76. The van der Waals surface area contributed by atoms with Crippen LogP contribution in [0.4, 0.5) is 5.69 Å². The van der Waals surface area contributed by atoms with E-state index < -0.39 is 10.3 Å². The number of methoxy groups -OCH3 is 1. The van der Waals surface area contributed by atoms with E-state index in [1.807, 2.05) is 20.8 Å². The third-order valence-corrected chi connectivity index (χ3v) is 3.35. The molecule has 0 bridgehead atoms. The first kappa shape index (κ1) is 15.3. The summed E-state index contributed by atoms with van der Waals surface area (Å²) in [6, 6.07) is 7.08. The molecule has 0 radical (unpaired) electrons. The molecule has 2 rings (SSSR count). The van der Waals surface area contributed by atoms with Gasteiger partial charge in [0.2, 0.25) is 5.15 Å². The summed E-state index contributed by atoms with van der Waals surface area (Å²) in [6.07, 6.45) is 0. The van der Waals surface area contributed by atoms with Gasteiger partial charge in [0.05, 0.1) is 12.0 Å². The zero-order chi connectivity index (χ0) is 15.8. The second kappa shape index (κ2) is 5.37. The lowest BCUT2D eigenvalue weighted by Crippen LogP contribution is -2.14. The summed E-state index contributed by atoms with van der Waals surface area (Å²) >= 11 is 6.20. The van der Waals surface area contributed by atoms with Crippen LogP contribution < -0.4 is 4.74 Å². The second-order valence-electron chi connectivity index (χ2n) is 5.58. The largest absolute Gasteiger partial charge is 0.494 e. The van der Waals surface area contributed by atoms with Crippen LogP contribution in [0.25, 0.3) is 5.69 Å². The SMILES string of the molecule is COc1ccccc1-n1nc(C(C)(C)C)c([N+](=O)[O-])c1Cl. The van der Waals surface area contributed by atoms with E-state index >= 15 is 0 Å². The van der Waals surface area contributed by atoms with Crippen molar-refractivity contribution in [1.29, 1.82) is 0 Å². The van der Waals surface area contributed by atoms with Crippen molar-refractivity contribution >= 4 is 17.3 Å². The van der Waals surface area contributed by atoms with Crippen LogP contribution in [0.2, 0.25) is 5.15 Å². The highest BCUT2D eigenvalue weighted by molar-refractivity contribution is 6.32. The van der Waals surface area contributed by atoms with Crippen molar-refractivity contribution in [3.05, 3.63) is 45.2 Å². The summed E-state index contributed by atoms with van der Waals surface area (Å²) < 4.78 is 6.61. The molecule has 6 nitrogen and oxygen atoms in total. The Hall–Kier alpha value is -2.08. The zero-order valence-corrected chi connectivity index (χ0v) is 13.0. The Morgan fingerprint density at radius 1 is 1.33 bits per heavy atom. The maximum Gasteiger partial charge on any atom is 0.330 e. The quantitative estimate of drug-likeness (QED) is 0.639. The van der Waals surface area contributed by atoms with Gasteiger partial charge in [-0.1, -0.05) is 44.5 Å². The molecule has 1 aromatic heterocycles. The highest BCUT2D eigenvalue weighted by Crippen LogP contribution is 2.38. The van der Waals surface area contributed by atoms with Crippen molar-refractivity contribution in [3.8, 4) is 11.4 Å². The molecule has 0 aliphatic rings.